The van der Waals surface area contributed by atoms with Gasteiger partial charge >= 0.3 is 0 Å². The zero-order chi connectivity index (χ0) is 17.1. The van der Waals surface area contributed by atoms with Crippen LogP contribution in [-0.4, -0.2) is 49.4 Å². The standard InChI is InChI=1S/C15H17N7O2/c1-20-13(11(10-17-20)15(24)21-6-3-7-21)14(23)18-12-4-9-22(19-12)8-2-5-16/h4,9-10H,2-3,6-8H2,1H3,(H,18,19,23). The Morgan fingerprint density at radius 1 is 1.42 bits per heavy atom. The van der Waals surface area contributed by atoms with Crippen molar-refractivity contribution in [2.24, 2.45) is 7.05 Å². The third-order valence-electron chi connectivity index (χ3n) is 3.86. The van der Waals surface area contributed by atoms with Gasteiger partial charge in [0.1, 0.15) is 5.69 Å². The van der Waals surface area contributed by atoms with E-state index in [-0.39, 0.29) is 11.6 Å². The molecular weight excluding hydrogens is 310 g/mol. The van der Waals surface area contributed by atoms with E-state index in [0.29, 0.717) is 37.4 Å². The van der Waals surface area contributed by atoms with Crippen molar-refractivity contribution in [1.29, 1.82) is 5.26 Å². The fraction of sp³-hybridized carbons (Fsp3) is 0.400. The maximum atomic E-state index is 12.5. The highest BCUT2D eigenvalue weighted by molar-refractivity contribution is 6.10. The number of hydrogen-bond donors (Lipinski definition) is 1. The molecule has 3 heterocycles. The summed E-state index contributed by atoms with van der Waals surface area (Å²) in [5, 5.41) is 19.5. The van der Waals surface area contributed by atoms with Crippen LogP contribution >= 0.6 is 0 Å². The number of aryl methyl sites for hydroxylation is 2. The van der Waals surface area contributed by atoms with Crippen molar-refractivity contribution < 1.29 is 9.59 Å². The Kier molecular flexibility index (Phi) is 4.29. The first-order valence-electron chi connectivity index (χ1n) is 7.63. The van der Waals surface area contributed by atoms with E-state index in [0.717, 1.165) is 6.42 Å². The normalized spacial score (nSPS) is 13.2. The minimum absolute atomic E-state index is 0.181. The lowest BCUT2D eigenvalue weighted by Crippen LogP contribution is -2.42. The number of hydrogen-bond acceptors (Lipinski definition) is 5. The van der Waals surface area contributed by atoms with Crippen LogP contribution in [0.3, 0.4) is 0 Å². The fourth-order valence-electron chi connectivity index (χ4n) is 2.45. The van der Waals surface area contributed by atoms with E-state index < -0.39 is 5.91 Å². The maximum Gasteiger partial charge on any atom is 0.275 e. The molecule has 124 valence electrons. The van der Waals surface area contributed by atoms with Gasteiger partial charge in [0.15, 0.2) is 5.82 Å². The summed E-state index contributed by atoms with van der Waals surface area (Å²) in [6.07, 6.45) is 4.42. The first-order chi connectivity index (χ1) is 11.6. The van der Waals surface area contributed by atoms with Gasteiger partial charge in [-0.2, -0.15) is 15.5 Å². The lowest BCUT2D eigenvalue weighted by Gasteiger charge is -2.30. The van der Waals surface area contributed by atoms with Crippen LogP contribution in [0.1, 0.15) is 33.7 Å². The third kappa shape index (κ3) is 2.99. The smallest absolute Gasteiger partial charge is 0.275 e. The molecule has 9 nitrogen and oxygen atoms in total. The van der Waals surface area contributed by atoms with Crippen LogP contribution in [-0.2, 0) is 13.6 Å². The first-order valence-corrected chi connectivity index (χ1v) is 7.63. The molecule has 1 saturated heterocycles. The average Bonchev–Trinajstić information content (AvgIpc) is 3.09. The Morgan fingerprint density at radius 3 is 2.88 bits per heavy atom. The van der Waals surface area contributed by atoms with E-state index in [1.165, 1.54) is 10.9 Å². The van der Waals surface area contributed by atoms with Gasteiger partial charge in [-0.3, -0.25) is 19.0 Å². The van der Waals surface area contributed by atoms with Crippen LogP contribution in [0.25, 0.3) is 0 Å². The monoisotopic (exact) mass is 327 g/mol. The van der Waals surface area contributed by atoms with Gasteiger partial charge in [0.25, 0.3) is 11.8 Å². The fourth-order valence-corrected chi connectivity index (χ4v) is 2.45. The van der Waals surface area contributed by atoms with Crippen LogP contribution in [0.2, 0.25) is 0 Å². The highest BCUT2D eigenvalue weighted by Gasteiger charge is 2.28. The molecule has 2 aromatic heterocycles. The van der Waals surface area contributed by atoms with Gasteiger partial charge in [0.2, 0.25) is 0 Å². The first kappa shape index (κ1) is 15.7. The SMILES string of the molecule is Cn1ncc(C(=O)N2CCC2)c1C(=O)Nc1ccn(CCC#N)n1. The molecule has 0 radical (unpaired) electrons. The summed E-state index contributed by atoms with van der Waals surface area (Å²) >= 11 is 0. The van der Waals surface area contributed by atoms with E-state index in [1.807, 2.05) is 6.07 Å². The van der Waals surface area contributed by atoms with Gasteiger partial charge in [-0.25, -0.2) is 0 Å². The van der Waals surface area contributed by atoms with Crippen molar-refractivity contribution in [3.63, 3.8) is 0 Å². The van der Waals surface area contributed by atoms with E-state index in [2.05, 4.69) is 15.5 Å². The van der Waals surface area contributed by atoms with Crippen molar-refractivity contribution in [3.05, 3.63) is 29.7 Å². The summed E-state index contributed by atoms with van der Waals surface area (Å²) in [6, 6.07) is 3.68. The summed E-state index contributed by atoms with van der Waals surface area (Å²) < 4.78 is 2.96. The number of nitriles is 1. The molecule has 0 bridgehead atoms. The lowest BCUT2D eigenvalue weighted by atomic mass is 10.1. The molecule has 9 heteroatoms. The third-order valence-corrected chi connectivity index (χ3v) is 3.86. The summed E-state index contributed by atoms with van der Waals surface area (Å²) in [7, 11) is 1.62. The number of aromatic nitrogens is 4. The van der Waals surface area contributed by atoms with Crippen molar-refractivity contribution in [2.75, 3.05) is 18.4 Å². The van der Waals surface area contributed by atoms with Crippen LogP contribution in [0, 0.1) is 11.3 Å². The lowest BCUT2D eigenvalue weighted by molar-refractivity contribution is 0.0648. The van der Waals surface area contributed by atoms with E-state index in [4.69, 9.17) is 5.26 Å². The Labute approximate surface area is 138 Å². The second-order valence-corrected chi connectivity index (χ2v) is 5.50. The summed E-state index contributed by atoms with van der Waals surface area (Å²) in [6.45, 7) is 1.87. The van der Waals surface area contributed by atoms with E-state index in [1.54, 1.807) is 28.9 Å². The molecule has 2 amide bonds. The predicted molar refractivity (Wildman–Crippen MR) is 84.1 cm³/mol. The zero-order valence-corrected chi connectivity index (χ0v) is 13.3. The van der Waals surface area contributed by atoms with E-state index in [9.17, 15) is 9.59 Å². The van der Waals surface area contributed by atoms with Crippen LogP contribution in [0.15, 0.2) is 18.5 Å². The highest BCUT2D eigenvalue weighted by atomic mass is 16.2. The number of carbonyl (C=O) groups is 2. The topological polar surface area (TPSA) is 109 Å². The van der Waals surface area contributed by atoms with Gasteiger partial charge in [-0.15, -0.1) is 0 Å². The van der Waals surface area contributed by atoms with E-state index >= 15 is 0 Å². The van der Waals surface area contributed by atoms with Crippen molar-refractivity contribution in [1.82, 2.24) is 24.5 Å². The van der Waals surface area contributed by atoms with Gasteiger partial charge in [-0.1, -0.05) is 0 Å². The molecule has 2 aromatic rings. The molecule has 0 aromatic carbocycles. The molecule has 1 aliphatic rings. The molecule has 3 rings (SSSR count). The van der Waals surface area contributed by atoms with Crippen LogP contribution in [0.4, 0.5) is 5.82 Å². The van der Waals surface area contributed by atoms with Gasteiger partial charge in [0, 0.05) is 32.4 Å². The van der Waals surface area contributed by atoms with Crippen molar-refractivity contribution >= 4 is 17.6 Å². The highest BCUT2D eigenvalue weighted by Crippen LogP contribution is 2.17. The number of rotatable bonds is 5. The summed E-state index contributed by atoms with van der Waals surface area (Å²) in [5.74, 6) is -0.259. The molecule has 1 aliphatic heterocycles. The average molecular weight is 327 g/mol. The maximum absolute atomic E-state index is 12.5. The quantitative estimate of drug-likeness (QED) is 0.866. The molecule has 0 saturated carbocycles. The molecule has 1 N–H and O–H groups in total. The Balaban J connectivity index is 1.75. The zero-order valence-electron chi connectivity index (χ0n) is 13.3. The Morgan fingerprint density at radius 2 is 2.21 bits per heavy atom. The number of nitrogens with zero attached hydrogens (tertiary/aromatic N) is 6. The largest absolute Gasteiger partial charge is 0.338 e. The molecule has 0 unspecified atom stereocenters. The Hall–Kier alpha value is -3.15. The van der Waals surface area contributed by atoms with Crippen LogP contribution < -0.4 is 5.32 Å². The number of anilines is 1. The second kappa shape index (κ2) is 6.54. The van der Waals surface area contributed by atoms with Crippen LogP contribution in [0.5, 0.6) is 0 Å². The summed E-state index contributed by atoms with van der Waals surface area (Å²) in [4.78, 5) is 26.6. The Bertz CT molecular complexity index is 810. The number of nitrogens with one attached hydrogen (secondary N) is 1. The predicted octanol–water partition coefficient (Wildman–Crippen LogP) is 0.628. The number of amides is 2. The molecule has 24 heavy (non-hydrogen) atoms. The second-order valence-electron chi connectivity index (χ2n) is 5.50. The number of likely N-dealkylation sites (tertiary alicyclic amines) is 1. The molecule has 0 spiro atoms. The minimum atomic E-state index is -0.440. The molecular formula is C15H17N7O2. The van der Waals surface area contributed by atoms with Crippen molar-refractivity contribution in [2.45, 2.75) is 19.4 Å². The number of carbonyl (C=O) groups excluding carboxylic acids is 2. The molecule has 0 aliphatic carbocycles. The van der Waals surface area contributed by atoms with Crippen molar-refractivity contribution in [3.8, 4) is 6.07 Å². The van der Waals surface area contributed by atoms with Gasteiger partial charge in [0.05, 0.1) is 30.8 Å². The van der Waals surface area contributed by atoms with Gasteiger partial charge < -0.3 is 10.2 Å². The summed E-state index contributed by atoms with van der Waals surface area (Å²) in [5.41, 5.74) is 0.497. The van der Waals surface area contributed by atoms with Gasteiger partial charge in [-0.05, 0) is 6.42 Å². The molecule has 0 atom stereocenters. The molecule has 1 fully saturated rings. The minimum Gasteiger partial charge on any atom is -0.338 e.